The van der Waals surface area contributed by atoms with Gasteiger partial charge in [0, 0.05) is 11.1 Å². The maximum atomic E-state index is 12.5. The van der Waals surface area contributed by atoms with Crippen LogP contribution in [0.25, 0.3) is 22.6 Å². The number of aromatic nitrogens is 1. The van der Waals surface area contributed by atoms with E-state index in [1.165, 1.54) is 0 Å². The maximum absolute atomic E-state index is 12.5. The van der Waals surface area contributed by atoms with Crippen molar-refractivity contribution in [1.82, 2.24) is 4.98 Å². The topological polar surface area (TPSA) is 64.4 Å². The number of anilines is 1. The van der Waals surface area contributed by atoms with Crippen LogP contribution in [0, 0.1) is 13.8 Å². The highest BCUT2D eigenvalue weighted by molar-refractivity contribution is 6.05. The van der Waals surface area contributed by atoms with E-state index in [9.17, 15) is 4.79 Å². The summed E-state index contributed by atoms with van der Waals surface area (Å²) in [7, 11) is 1.57. The Labute approximate surface area is 163 Å². The van der Waals surface area contributed by atoms with Crippen LogP contribution in [0.3, 0.4) is 0 Å². The van der Waals surface area contributed by atoms with Crippen LogP contribution in [-0.2, 0) is 0 Å². The first-order valence-corrected chi connectivity index (χ1v) is 8.98. The summed E-state index contributed by atoms with van der Waals surface area (Å²) in [5, 5.41) is 2.91. The molecule has 0 unspecified atom stereocenters. The Morgan fingerprint density at radius 1 is 1.00 bits per heavy atom. The monoisotopic (exact) mass is 372 g/mol. The summed E-state index contributed by atoms with van der Waals surface area (Å²) in [6.45, 7) is 4.09. The van der Waals surface area contributed by atoms with E-state index in [1.54, 1.807) is 25.3 Å². The van der Waals surface area contributed by atoms with Crippen molar-refractivity contribution in [3.05, 3.63) is 77.4 Å². The molecule has 0 spiro atoms. The first kappa shape index (κ1) is 17.8. The average Bonchev–Trinajstić information content (AvgIpc) is 3.11. The molecular formula is C23H20N2O3. The van der Waals surface area contributed by atoms with E-state index in [2.05, 4.69) is 10.3 Å². The molecule has 5 heteroatoms. The number of ether oxygens (including phenoxy) is 1. The summed E-state index contributed by atoms with van der Waals surface area (Å²) in [4.78, 5) is 17.1. The number of fused-ring (bicyclic) bond motifs is 1. The van der Waals surface area contributed by atoms with Crippen molar-refractivity contribution >= 4 is 22.7 Å². The van der Waals surface area contributed by atoms with E-state index in [0.29, 0.717) is 22.9 Å². The zero-order chi connectivity index (χ0) is 19.7. The van der Waals surface area contributed by atoms with E-state index < -0.39 is 0 Å². The lowest BCUT2D eigenvalue weighted by atomic mass is 10.1. The zero-order valence-electron chi connectivity index (χ0n) is 15.9. The molecule has 4 rings (SSSR count). The van der Waals surface area contributed by atoms with Crippen molar-refractivity contribution in [3.63, 3.8) is 0 Å². The number of amides is 1. The first-order valence-electron chi connectivity index (χ1n) is 8.98. The molecule has 0 aliphatic carbocycles. The number of oxazole rings is 1. The van der Waals surface area contributed by atoms with E-state index in [1.807, 2.05) is 56.3 Å². The zero-order valence-corrected chi connectivity index (χ0v) is 15.9. The minimum atomic E-state index is -0.208. The number of carbonyl (C=O) groups is 1. The van der Waals surface area contributed by atoms with Crippen LogP contribution in [0.5, 0.6) is 5.75 Å². The number of hydrogen-bond donors (Lipinski definition) is 1. The smallest absolute Gasteiger partial charge is 0.255 e. The Hall–Kier alpha value is -3.60. The number of nitrogens with one attached hydrogen (secondary N) is 1. The quantitative estimate of drug-likeness (QED) is 0.523. The largest absolute Gasteiger partial charge is 0.495 e. The maximum Gasteiger partial charge on any atom is 0.255 e. The molecule has 1 N–H and O–H groups in total. The molecule has 28 heavy (non-hydrogen) atoms. The van der Waals surface area contributed by atoms with Gasteiger partial charge in [0.1, 0.15) is 11.3 Å². The van der Waals surface area contributed by atoms with Gasteiger partial charge in [-0.1, -0.05) is 18.2 Å². The molecule has 1 amide bonds. The van der Waals surface area contributed by atoms with E-state index in [0.717, 1.165) is 27.8 Å². The highest BCUT2D eigenvalue weighted by atomic mass is 16.5. The second-order valence-corrected chi connectivity index (χ2v) is 6.66. The molecule has 140 valence electrons. The van der Waals surface area contributed by atoms with Gasteiger partial charge in [0.15, 0.2) is 5.58 Å². The third kappa shape index (κ3) is 3.34. The number of hydrogen-bond acceptors (Lipinski definition) is 4. The molecule has 3 aromatic carbocycles. The van der Waals surface area contributed by atoms with Crippen molar-refractivity contribution in [2.45, 2.75) is 13.8 Å². The number of rotatable bonds is 4. The van der Waals surface area contributed by atoms with Gasteiger partial charge in [0.25, 0.3) is 5.91 Å². The number of carbonyl (C=O) groups excluding carboxylic acids is 1. The minimum absolute atomic E-state index is 0.208. The third-order valence-electron chi connectivity index (χ3n) is 4.73. The molecule has 0 radical (unpaired) electrons. The van der Waals surface area contributed by atoms with Crippen molar-refractivity contribution in [3.8, 4) is 17.2 Å². The van der Waals surface area contributed by atoms with Crippen LogP contribution in [0.2, 0.25) is 0 Å². The lowest BCUT2D eigenvalue weighted by molar-refractivity contribution is 0.102. The molecule has 1 heterocycles. The van der Waals surface area contributed by atoms with Crippen molar-refractivity contribution < 1.29 is 13.9 Å². The summed E-state index contributed by atoms with van der Waals surface area (Å²) in [5.74, 6) is 0.855. The second-order valence-electron chi connectivity index (χ2n) is 6.66. The van der Waals surface area contributed by atoms with Gasteiger partial charge >= 0.3 is 0 Å². The predicted octanol–water partition coefficient (Wildman–Crippen LogP) is 5.37. The second kappa shape index (κ2) is 7.19. The fraction of sp³-hybridized carbons (Fsp3) is 0.130. The van der Waals surface area contributed by atoms with Crippen molar-refractivity contribution in [2.75, 3.05) is 12.4 Å². The molecule has 4 aromatic rings. The first-order chi connectivity index (χ1) is 13.5. The van der Waals surface area contributed by atoms with Gasteiger partial charge in [0.2, 0.25) is 5.89 Å². The summed E-state index contributed by atoms with van der Waals surface area (Å²) in [6.07, 6.45) is 0. The Bertz CT molecular complexity index is 1120. The van der Waals surface area contributed by atoms with Crippen LogP contribution in [0.1, 0.15) is 21.5 Å². The summed E-state index contributed by atoms with van der Waals surface area (Å²) < 4.78 is 11.3. The molecule has 0 saturated heterocycles. The minimum Gasteiger partial charge on any atom is -0.495 e. The van der Waals surface area contributed by atoms with Gasteiger partial charge in [-0.15, -0.1) is 0 Å². The SMILES string of the molecule is COc1ccc(-c2nc3cc(C)c(C)cc3o2)cc1NC(=O)c1ccccc1. The lowest BCUT2D eigenvalue weighted by Crippen LogP contribution is -2.12. The Morgan fingerprint density at radius 3 is 2.50 bits per heavy atom. The molecular weight excluding hydrogens is 352 g/mol. The number of methoxy groups -OCH3 is 1. The van der Waals surface area contributed by atoms with Gasteiger partial charge in [-0.2, -0.15) is 0 Å². The Morgan fingerprint density at radius 2 is 1.75 bits per heavy atom. The van der Waals surface area contributed by atoms with Gasteiger partial charge in [0.05, 0.1) is 12.8 Å². The van der Waals surface area contributed by atoms with Gasteiger partial charge in [-0.05, 0) is 67.4 Å². The van der Waals surface area contributed by atoms with Crippen LogP contribution in [0.4, 0.5) is 5.69 Å². The fourth-order valence-corrected chi connectivity index (χ4v) is 3.03. The summed E-state index contributed by atoms with van der Waals surface area (Å²) in [6, 6.07) is 18.5. The van der Waals surface area contributed by atoms with Gasteiger partial charge in [-0.25, -0.2) is 4.98 Å². The molecule has 0 fully saturated rings. The molecule has 0 aliphatic heterocycles. The molecule has 1 aromatic heterocycles. The van der Waals surface area contributed by atoms with Crippen LogP contribution in [-0.4, -0.2) is 18.0 Å². The van der Waals surface area contributed by atoms with Crippen LogP contribution < -0.4 is 10.1 Å². The number of benzene rings is 3. The van der Waals surface area contributed by atoms with Crippen molar-refractivity contribution in [2.24, 2.45) is 0 Å². The summed E-state index contributed by atoms with van der Waals surface area (Å²) in [5.41, 5.74) is 5.76. The fourth-order valence-electron chi connectivity index (χ4n) is 3.03. The van der Waals surface area contributed by atoms with E-state index >= 15 is 0 Å². The Kier molecular flexibility index (Phi) is 4.57. The molecule has 0 atom stereocenters. The molecule has 5 nitrogen and oxygen atoms in total. The highest BCUT2D eigenvalue weighted by Gasteiger charge is 2.14. The standard InChI is InChI=1S/C23H20N2O3/c1-14-11-18-21(12-15(14)2)28-23(25-18)17-9-10-20(27-3)19(13-17)24-22(26)16-7-5-4-6-8-16/h4-13H,1-3H3,(H,24,26). The normalized spacial score (nSPS) is 10.8. The Balaban J connectivity index is 1.71. The molecule has 0 bridgehead atoms. The lowest BCUT2D eigenvalue weighted by Gasteiger charge is -2.11. The van der Waals surface area contributed by atoms with Crippen LogP contribution >= 0.6 is 0 Å². The van der Waals surface area contributed by atoms with Crippen molar-refractivity contribution in [1.29, 1.82) is 0 Å². The van der Waals surface area contributed by atoms with Crippen LogP contribution in [0.15, 0.2) is 65.1 Å². The number of nitrogens with zero attached hydrogens (tertiary/aromatic N) is 1. The predicted molar refractivity (Wildman–Crippen MR) is 110 cm³/mol. The molecule has 0 saturated carbocycles. The summed E-state index contributed by atoms with van der Waals surface area (Å²) >= 11 is 0. The number of aryl methyl sites for hydroxylation is 2. The van der Waals surface area contributed by atoms with E-state index in [4.69, 9.17) is 9.15 Å². The average molecular weight is 372 g/mol. The third-order valence-corrected chi connectivity index (χ3v) is 4.73. The molecule has 0 aliphatic rings. The van der Waals surface area contributed by atoms with Gasteiger partial charge < -0.3 is 14.5 Å². The highest BCUT2D eigenvalue weighted by Crippen LogP contribution is 2.32. The van der Waals surface area contributed by atoms with Gasteiger partial charge in [-0.3, -0.25) is 4.79 Å². The van der Waals surface area contributed by atoms with E-state index in [-0.39, 0.29) is 5.91 Å².